The number of nitrogen functional groups attached to an aromatic ring is 1. The first-order valence-corrected chi connectivity index (χ1v) is 10.4. The number of benzene rings is 1. The van der Waals surface area contributed by atoms with Gasteiger partial charge in [0.1, 0.15) is 17.5 Å². The third-order valence-corrected chi connectivity index (χ3v) is 5.00. The molecule has 2 heterocycles. The highest BCUT2D eigenvalue weighted by Crippen LogP contribution is 2.28. The second-order valence-corrected chi connectivity index (χ2v) is 7.64. The van der Waals surface area contributed by atoms with Gasteiger partial charge in [0.05, 0.1) is 17.1 Å². The zero-order valence-electron chi connectivity index (χ0n) is 18.3. The molecule has 0 unspecified atom stereocenters. The van der Waals surface area contributed by atoms with Crippen LogP contribution in [0.1, 0.15) is 23.7 Å². The predicted octanol–water partition coefficient (Wildman–Crippen LogP) is 2.93. The molecule has 34 heavy (non-hydrogen) atoms. The number of nitrogens with one attached hydrogen (secondary N) is 2. The SMILES string of the molecule is C[C@@H](CO)NC(=O)c1cn(CCCNc2ccc([N+](=O)[O-])c(N)n2)cc1-c1ccc(F)cc1F. The van der Waals surface area contributed by atoms with E-state index in [1.165, 1.54) is 18.2 Å². The Labute approximate surface area is 193 Å². The van der Waals surface area contributed by atoms with E-state index >= 15 is 0 Å². The zero-order valence-corrected chi connectivity index (χ0v) is 18.3. The average molecular weight is 474 g/mol. The van der Waals surface area contributed by atoms with Crippen molar-refractivity contribution in [3.8, 4) is 11.1 Å². The summed E-state index contributed by atoms with van der Waals surface area (Å²) in [6, 6.07) is 5.33. The standard InChI is InChI=1S/C22H24F2N6O4/c1-13(12-31)27-22(32)17-11-29(10-16(17)15-4-3-14(23)9-18(15)24)8-2-7-26-20-6-5-19(30(33)34)21(25)28-20/h3-6,9-11,13,31H,2,7-8,12H2,1H3,(H,27,32)(H3,25,26,28)/t13-/m0/s1. The lowest BCUT2D eigenvalue weighted by Gasteiger charge is -2.11. The van der Waals surface area contributed by atoms with Gasteiger partial charge in [0.25, 0.3) is 5.91 Å². The van der Waals surface area contributed by atoms with Crippen LogP contribution in [0.25, 0.3) is 11.1 Å². The van der Waals surface area contributed by atoms with Crippen molar-refractivity contribution < 1.29 is 23.6 Å². The van der Waals surface area contributed by atoms with E-state index in [4.69, 9.17) is 5.73 Å². The number of aliphatic hydroxyl groups excluding tert-OH is 1. The Bertz CT molecular complexity index is 1200. The minimum absolute atomic E-state index is 0.0747. The minimum Gasteiger partial charge on any atom is -0.394 e. The lowest BCUT2D eigenvalue weighted by atomic mass is 10.0. The number of amides is 1. The number of nitrogens with two attached hydrogens (primary N) is 1. The largest absolute Gasteiger partial charge is 0.394 e. The molecule has 0 spiro atoms. The molecule has 1 aromatic carbocycles. The molecule has 0 aliphatic heterocycles. The molecule has 0 saturated carbocycles. The summed E-state index contributed by atoms with van der Waals surface area (Å²) >= 11 is 0. The van der Waals surface area contributed by atoms with E-state index in [1.807, 2.05) is 0 Å². The number of pyridine rings is 1. The summed E-state index contributed by atoms with van der Waals surface area (Å²) in [7, 11) is 0. The molecule has 10 nitrogen and oxygen atoms in total. The van der Waals surface area contributed by atoms with Crippen molar-refractivity contribution in [2.45, 2.75) is 25.9 Å². The van der Waals surface area contributed by atoms with E-state index in [0.29, 0.717) is 25.3 Å². The van der Waals surface area contributed by atoms with Gasteiger partial charge in [0, 0.05) is 54.8 Å². The van der Waals surface area contributed by atoms with Crippen molar-refractivity contribution in [3.05, 3.63) is 70.0 Å². The number of carbonyl (C=O) groups is 1. The summed E-state index contributed by atoms with van der Waals surface area (Å²) in [5.41, 5.74) is 5.85. The molecule has 3 rings (SSSR count). The molecule has 5 N–H and O–H groups in total. The van der Waals surface area contributed by atoms with Crippen molar-refractivity contribution in [3.63, 3.8) is 0 Å². The number of carbonyl (C=O) groups excluding carboxylic acids is 1. The van der Waals surface area contributed by atoms with Gasteiger partial charge in [0.15, 0.2) is 0 Å². The molecule has 12 heteroatoms. The summed E-state index contributed by atoms with van der Waals surface area (Å²) < 4.78 is 29.5. The molecule has 1 amide bonds. The fourth-order valence-corrected chi connectivity index (χ4v) is 3.29. The molecule has 2 aromatic heterocycles. The third kappa shape index (κ3) is 5.84. The van der Waals surface area contributed by atoms with E-state index < -0.39 is 28.5 Å². The Hall–Kier alpha value is -4.06. The quantitative estimate of drug-likeness (QED) is 0.201. The van der Waals surface area contributed by atoms with Crippen LogP contribution in [0.3, 0.4) is 0 Å². The van der Waals surface area contributed by atoms with Crippen molar-refractivity contribution in [1.29, 1.82) is 0 Å². The van der Waals surface area contributed by atoms with E-state index in [1.54, 1.807) is 23.9 Å². The van der Waals surface area contributed by atoms with Gasteiger partial charge < -0.3 is 26.0 Å². The Morgan fingerprint density at radius 3 is 2.68 bits per heavy atom. The monoisotopic (exact) mass is 474 g/mol. The van der Waals surface area contributed by atoms with Gasteiger partial charge in [-0.1, -0.05) is 0 Å². The van der Waals surface area contributed by atoms with E-state index in [0.717, 1.165) is 12.1 Å². The number of nitrogens with zero attached hydrogens (tertiary/aromatic N) is 3. The minimum atomic E-state index is -0.800. The second-order valence-electron chi connectivity index (χ2n) is 7.64. The Morgan fingerprint density at radius 2 is 2.03 bits per heavy atom. The molecular weight excluding hydrogens is 450 g/mol. The fourth-order valence-electron chi connectivity index (χ4n) is 3.29. The van der Waals surface area contributed by atoms with Gasteiger partial charge in [-0.2, -0.15) is 0 Å². The van der Waals surface area contributed by atoms with Crippen LogP contribution < -0.4 is 16.4 Å². The first-order valence-electron chi connectivity index (χ1n) is 10.4. The summed E-state index contributed by atoms with van der Waals surface area (Å²) in [5, 5.41) is 25.7. The number of hydrogen-bond acceptors (Lipinski definition) is 7. The van der Waals surface area contributed by atoms with Crippen molar-refractivity contribution in [2.75, 3.05) is 24.2 Å². The Morgan fingerprint density at radius 1 is 1.26 bits per heavy atom. The van der Waals surface area contributed by atoms with Crippen LogP contribution in [-0.4, -0.2) is 44.7 Å². The van der Waals surface area contributed by atoms with Gasteiger partial charge in [-0.05, 0) is 31.5 Å². The van der Waals surface area contributed by atoms with Crippen LogP contribution in [0.2, 0.25) is 0 Å². The van der Waals surface area contributed by atoms with E-state index in [9.17, 15) is 28.8 Å². The van der Waals surface area contributed by atoms with Crippen LogP contribution >= 0.6 is 0 Å². The topological polar surface area (TPSA) is 148 Å². The summed E-state index contributed by atoms with van der Waals surface area (Å²) in [6.45, 7) is 2.23. The number of halogens is 2. The molecule has 180 valence electrons. The van der Waals surface area contributed by atoms with Crippen LogP contribution in [0.15, 0.2) is 42.7 Å². The van der Waals surface area contributed by atoms with Gasteiger partial charge in [-0.15, -0.1) is 0 Å². The number of nitro groups is 1. The second kappa shape index (κ2) is 10.7. The predicted molar refractivity (Wildman–Crippen MR) is 122 cm³/mol. The molecule has 0 aliphatic rings. The van der Waals surface area contributed by atoms with Crippen LogP contribution in [0.4, 0.5) is 26.1 Å². The number of aromatic nitrogens is 2. The number of aryl methyl sites for hydroxylation is 1. The van der Waals surface area contributed by atoms with Gasteiger partial charge in [0.2, 0.25) is 5.82 Å². The maximum Gasteiger partial charge on any atom is 0.311 e. The Kier molecular flexibility index (Phi) is 7.74. The first kappa shape index (κ1) is 24.6. The fraction of sp³-hybridized carbons (Fsp3) is 0.273. The van der Waals surface area contributed by atoms with Crippen LogP contribution in [0, 0.1) is 21.7 Å². The maximum atomic E-state index is 14.4. The third-order valence-electron chi connectivity index (χ3n) is 5.00. The van der Waals surface area contributed by atoms with E-state index in [2.05, 4.69) is 15.6 Å². The number of aliphatic hydroxyl groups is 1. The lowest BCUT2D eigenvalue weighted by Crippen LogP contribution is -2.35. The molecule has 3 aromatic rings. The molecular formula is C22H24F2N6O4. The molecule has 0 bridgehead atoms. The molecule has 0 fully saturated rings. The molecule has 0 aliphatic carbocycles. The maximum absolute atomic E-state index is 14.4. The summed E-state index contributed by atoms with van der Waals surface area (Å²) in [4.78, 5) is 26.9. The highest BCUT2D eigenvalue weighted by atomic mass is 19.1. The van der Waals surface area contributed by atoms with Crippen LogP contribution in [-0.2, 0) is 6.54 Å². The molecule has 0 saturated heterocycles. The van der Waals surface area contributed by atoms with Gasteiger partial charge in [-0.3, -0.25) is 14.9 Å². The van der Waals surface area contributed by atoms with Crippen molar-refractivity contribution in [2.24, 2.45) is 0 Å². The highest BCUT2D eigenvalue weighted by molar-refractivity contribution is 6.01. The number of hydrogen-bond donors (Lipinski definition) is 4. The molecule has 1 atom stereocenters. The van der Waals surface area contributed by atoms with E-state index in [-0.39, 0.29) is 34.8 Å². The molecule has 0 radical (unpaired) electrons. The summed E-state index contributed by atoms with van der Waals surface area (Å²) in [6.07, 6.45) is 3.71. The van der Waals surface area contributed by atoms with Crippen LogP contribution in [0.5, 0.6) is 0 Å². The van der Waals surface area contributed by atoms with Crippen molar-refractivity contribution >= 4 is 23.2 Å². The number of rotatable bonds is 10. The first-order chi connectivity index (χ1) is 16.2. The highest BCUT2D eigenvalue weighted by Gasteiger charge is 2.20. The normalized spacial score (nSPS) is 11.8. The lowest BCUT2D eigenvalue weighted by molar-refractivity contribution is -0.384. The van der Waals surface area contributed by atoms with Gasteiger partial charge in [-0.25, -0.2) is 13.8 Å². The zero-order chi connectivity index (χ0) is 24.8. The average Bonchev–Trinajstić information content (AvgIpc) is 3.20. The number of anilines is 2. The summed E-state index contributed by atoms with van der Waals surface area (Å²) in [5.74, 6) is -1.85. The van der Waals surface area contributed by atoms with Gasteiger partial charge >= 0.3 is 5.69 Å². The Balaban J connectivity index is 1.73. The van der Waals surface area contributed by atoms with Crippen molar-refractivity contribution in [1.82, 2.24) is 14.9 Å². The smallest absolute Gasteiger partial charge is 0.311 e.